The van der Waals surface area contributed by atoms with Gasteiger partial charge in [-0.3, -0.25) is 0 Å². The SMILES string of the molecule is COc1cc2cc[n+](CCOc3ccc(Cl)cc3)cc2cc1OC.[Cl-]. The van der Waals surface area contributed by atoms with Crippen LogP contribution in [-0.4, -0.2) is 20.8 Å². The summed E-state index contributed by atoms with van der Waals surface area (Å²) in [6, 6.07) is 13.4. The van der Waals surface area contributed by atoms with E-state index in [0.29, 0.717) is 11.6 Å². The monoisotopic (exact) mass is 379 g/mol. The molecule has 0 atom stereocenters. The van der Waals surface area contributed by atoms with Crippen molar-refractivity contribution in [3.05, 3.63) is 59.9 Å². The fraction of sp³-hybridized carbons (Fsp3) is 0.211. The van der Waals surface area contributed by atoms with Gasteiger partial charge in [0.1, 0.15) is 12.4 Å². The Morgan fingerprint density at radius 1 is 0.920 bits per heavy atom. The van der Waals surface area contributed by atoms with E-state index >= 15 is 0 Å². The Kier molecular flexibility index (Phi) is 6.73. The van der Waals surface area contributed by atoms with Crippen molar-refractivity contribution in [3.63, 3.8) is 0 Å². The zero-order chi connectivity index (χ0) is 16.9. The van der Waals surface area contributed by atoms with Gasteiger partial charge in [-0.2, -0.15) is 0 Å². The predicted molar refractivity (Wildman–Crippen MR) is 94.2 cm³/mol. The zero-order valence-electron chi connectivity index (χ0n) is 14.0. The van der Waals surface area contributed by atoms with E-state index in [1.807, 2.05) is 42.6 Å². The van der Waals surface area contributed by atoms with Crippen molar-refractivity contribution in [2.75, 3.05) is 20.8 Å². The van der Waals surface area contributed by atoms with Crippen LogP contribution in [0.3, 0.4) is 0 Å². The molecular formula is C19H19Cl2NO3. The Morgan fingerprint density at radius 2 is 1.56 bits per heavy atom. The first-order chi connectivity index (χ1) is 11.7. The van der Waals surface area contributed by atoms with Crippen LogP contribution in [0.5, 0.6) is 17.2 Å². The number of pyridine rings is 1. The van der Waals surface area contributed by atoms with Crippen molar-refractivity contribution in [2.24, 2.45) is 0 Å². The predicted octanol–water partition coefficient (Wildman–Crippen LogP) is 0.881. The molecule has 0 aliphatic rings. The molecule has 132 valence electrons. The van der Waals surface area contributed by atoms with Gasteiger partial charge < -0.3 is 26.6 Å². The first-order valence-electron chi connectivity index (χ1n) is 7.63. The van der Waals surface area contributed by atoms with E-state index < -0.39 is 0 Å². The lowest BCUT2D eigenvalue weighted by Gasteiger charge is -2.09. The largest absolute Gasteiger partial charge is 1.00 e. The molecule has 0 radical (unpaired) electrons. The Balaban J connectivity index is 0.00000225. The zero-order valence-corrected chi connectivity index (χ0v) is 15.6. The number of hydrogen-bond donors (Lipinski definition) is 0. The van der Waals surface area contributed by atoms with E-state index in [1.54, 1.807) is 14.2 Å². The first kappa shape index (κ1) is 19.2. The fourth-order valence-corrected chi connectivity index (χ4v) is 2.63. The van der Waals surface area contributed by atoms with E-state index in [9.17, 15) is 0 Å². The molecule has 1 aromatic heterocycles. The van der Waals surface area contributed by atoms with Gasteiger partial charge in [0.2, 0.25) is 0 Å². The summed E-state index contributed by atoms with van der Waals surface area (Å²) < 4.78 is 18.5. The summed E-state index contributed by atoms with van der Waals surface area (Å²) in [7, 11) is 3.28. The highest BCUT2D eigenvalue weighted by atomic mass is 35.5. The third-order valence-electron chi connectivity index (χ3n) is 3.77. The summed E-state index contributed by atoms with van der Waals surface area (Å²) in [5.74, 6) is 2.26. The van der Waals surface area contributed by atoms with Gasteiger partial charge in [0, 0.05) is 16.5 Å². The number of methoxy groups -OCH3 is 2. The highest BCUT2D eigenvalue weighted by molar-refractivity contribution is 6.30. The Bertz CT molecular complexity index is 838. The van der Waals surface area contributed by atoms with Crippen molar-refractivity contribution in [3.8, 4) is 17.2 Å². The minimum absolute atomic E-state index is 0. The van der Waals surface area contributed by atoms with Crippen LogP contribution in [0.1, 0.15) is 0 Å². The molecule has 0 N–H and O–H groups in total. The topological polar surface area (TPSA) is 31.6 Å². The van der Waals surface area contributed by atoms with Crippen molar-refractivity contribution in [2.45, 2.75) is 6.54 Å². The Labute approximate surface area is 158 Å². The number of ether oxygens (including phenoxy) is 3. The maximum atomic E-state index is 5.86. The lowest BCUT2D eigenvalue weighted by molar-refractivity contribution is -0.696. The number of fused-ring (bicyclic) bond motifs is 1. The highest BCUT2D eigenvalue weighted by Gasteiger charge is 2.09. The quantitative estimate of drug-likeness (QED) is 0.596. The van der Waals surface area contributed by atoms with Gasteiger partial charge in [0.15, 0.2) is 30.4 Å². The maximum absolute atomic E-state index is 5.86. The standard InChI is InChI=1S/C19H19ClNO3.ClH/c1-22-18-11-14-7-8-21(13-15(14)12-19(18)23-2)9-10-24-17-5-3-16(20)4-6-17;/h3-8,11-13H,9-10H2,1-2H3;1H/q+1;/p-1. The van der Waals surface area contributed by atoms with Crippen molar-refractivity contribution >= 4 is 22.4 Å². The Hall–Kier alpha value is -2.17. The average molecular weight is 380 g/mol. The van der Waals surface area contributed by atoms with Crippen LogP contribution in [0.25, 0.3) is 10.8 Å². The lowest BCUT2D eigenvalue weighted by atomic mass is 10.1. The summed E-state index contributed by atoms with van der Waals surface area (Å²) in [6.45, 7) is 1.32. The molecule has 25 heavy (non-hydrogen) atoms. The molecule has 4 nitrogen and oxygen atoms in total. The molecule has 0 amide bonds. The first-order valence-corrected chi connectivity index (χ1v) is 8.00. The summed E-state index contributed by atoms with van der Waals surface area (Å²) in [5.41, 5.74) is 0. The third kappa shape index (κ3) is 4.68. The summed E-state index contributed by atoms with van der Waals surface area (Å²) >= 11 is 5.86. The average Bonchev–Trinajstić information content (AvgIpc) is 2.62. The second-order valence-corrected chi connectivity index (χ2v) is 5.76. The van der Waals surface area contributed by atoms with Gasteiger partial charge in [-0.25, -0.2) is 4.57 Å². The van der Waals surface area contributed by atoms with E-state index in [0.717, 1.165) is 34.6 Å². The van der Waals surface area contributed by atoms with E-state index in [2.05, 4.69) is 16.8 Å². The molecule has 1 heterocycles. The Morgan fingerprint density at radius 3 is 2.20 bits per heavy atom. The van der Waals surface area contributed by atoms with Crippen molar-refractivity contribution in [1.29, 1.82) is 0 Å². The molecular weight excluding hydrogens is 361 g/mol. The van der Waals surface area contributed by atoms with Gasteiger partial charge in [-0.1, -0.05) is 11.6 Å². The van der Waals surface area contributed by atoms with Crippen LogP contribution in [0, 0.1) is 0 Å². The number of hydrogen-bond acceptors (Lipinski definition) is 3. The highest BCUT2D eigenvalue weighted by Crippen LogP contribution is 2.31. The molecule has 0 spiro atoms. The van der Waals surface area contributed by atoms with E-state index in [4.69, 9.17) is 25.8 Å². The second-order valence-electron chi connectivity index (χ2n) is 5.32. The summed E-state index contributed by atoms with van der Waals surface area (Å²) in [5, 5.41) is 2.89. The van der Waals surface area contributed by atoms with Crippen LogP contribution in [0.15, 0.2) is 54.9 Å². The van der Waals surface area contributed by atoms with Crippen LogP contribution in [-0.2, 0) is 6.54 Å². The van der Waals surface area contributed by atoms with Crippen molar-refractivity contribution in [1.82, 2.24) is 0 Å². The number of nitrogens with zero attached hydrogens (tertiary/aromatic N) is 1. The third-order valence-corrected chi connectivity index (χ3v) is 4.02. The van der Waals surface area contributed by atoms with Gasteiger partial charge >= 0.3 is 0 Å². The van der Waals surface area contributed by atoms with Crippen LogP contribution in [0.2, 0.25) is 5.02 Å². The molecule has 6 heteroatoms. The lowest BCUT2D eigenvalue weighted by Crippen LogP contribution is -3.00. The van der Waals surface area contributed by atoms with Crippen LogP contribution >= 0.6 is 11.6 Å². The number of halogens is 2. The molecule has 0 saturated heterocycles. The molecule has 3 aromatic rings. The van der Waals surface area contributed by atoms with Gasteiger partial charge in [0.25, 0.3) is 0 Å². The molecule has 0 unspecified atom stereocenters. The normalized spacial score (nSPS) is 10.2. The number of rotatable bonds is 6. The van der Waals surface area contributed by atoms with Gasteiger partial charge in [-0.05, 0) is 41.8 Å². The molecule has 0 aliphatic heterocycles. The summed E-state index contributed by atoms with van der Waals surface area (Å²) in [6.07, 6.45) is 4.10. The van der Waals surface area contributed by atoms with Gasteiger partial charge in [0.05, 0.1) is 14.2 Å². The minimum atomic E-state index is 0. The smallest absolute Gasteiger partial charge is 0.182 e. The molecule has 0 aliphatic carbocycles. The summed E-state index contributed by atoms with van der Waals surface area (Å²) in [4.78, 5) is 0. The van der Waals surface area contributed by atoms with Crippen molar-refractivity contribution < 1.29 is 31.2 Å². The van der Waals surface area contributed by atoms with E-state index in [1.165, 1.54) is 0 Å². The molecule has 2 aromatic carbocycles. The molecule has 0 saturated carbocycles. The second kappa shape index (κ2) is 8.79. The van der Waals surface area contributed by atoms with Gasteiger partial charge in [-0.15, -0.1) is 0 Å². The number of benzene rings is 2. The van der Waals surface area contributed by atoms with Crippen LogP contribution in [0.4, 0.5) is 0 Å². The minimum Gasteiger partial charge on any atom is -1.00 e. The number of aromatic nitrogens is 1. The maximum Gasteiger partial charge on any atom is 0.182 e. The molecule has 0 fully saturated rings. The van der Waals surface area contributed by atoms with E-state index in [-0.39, 0.29) is 12.4 Å². The fourth-order valence-electron chi connectivity index (χ4n) is 2.50. The van der Waals surface area contributed by atoms with Crippen LogP contribution < -0.4 is 31.2 Å². The molecule has 3 rings (SSSR count). The molecule has 0 bridgehead atoms.